The quantitative estimate of drug-likeness (QED) is 0.686. The van der Waals surface area contributed by atoms with Gasteiger partial charge in [0.15, 0.2) is 0 Å². The number of nitrogens with two attached hydrogens (primary N) is 1. The molecule has 2 heterocycles. The predicted octanol–water partition coefficient (Wildman–Crippen LogP) is 1.37. The van der Waals surface area contributed by atoms with Crippen molar-refractivity contribution in [3.63, 3.8) is 0 Å². The highest BCUT2D eigenvalue weighted by Crippen LogP contribution is 2.22. The number of rotatable bonds is 1. The summed E-state index contributed by atoms with van der Waals surface area (Å²) in [6.07, 6.45) is 7.04. The average Bonchev–Trinajstić information content (AvgIpc) is 2.43. The summed E-state index contributed by atoms with van der Waals surface area (Å²) in [7, 11) is 0. The molecule has 0 radical (unpaired) electrons. The molecule has 0 bridgehead atoms. The van der Waals surface area contributed by atoms with Crippen LogP contribution in [0, 0.1) is 0 Å². The van der Waals surface area contributed by atoms with Crippen molar-refractivity contribution in [1.29, 1.82) is 0 Å². The zero-order chi connectivity index (χ0) is 9.10. The molecule has 0 atom stereocenters. The summed E-state index contributed by atoms with van der Waals surface area (Å²) in [5.41, 5.74) is 6.83. The van der Waals surface area contributed by atoms with E-state index < -0.39 is 0 Å². The van der Waals surface area contributed by atoms with Crippen LogP contribution in [0.2, 0.25) is 0 Å². The highest BCUT2D eigenvalue weighted by molar-refractivity contribution is 5.62. The van der Waals surface area contributed by atoms with Crippen LogP contribution in [0.15, 0.2) is 6.20 Å². The van der Waals surface area contributed by atoms with Crippen molar-refractivity contribution < 1.29 is 0 Å². The molecule has 1 fully saturated rings. The van der Waals surface area contributed by atoms with Crippen molar-refractivity contribution in [2.45, 2.75) is 25.7 Å². The van der Waals surface area contributed by atoms with Crippen molar-refractivity contribution in [3.8, 4) is 0 Å². The molecule has 1 saturated heterocycles. The molecule has 1 aliphatic rings. The SMILES string of the molecule is Nc1[nH]ncc1N1CCCCCC1. The zero-order valence-electron chi connectivity index (χ0n) is 7.79. The summed E-state index contributed by atoms with van der Waals surface area (Å²) in [6, 6.07) is 0. The van der Waals surface area contributed by atoms with Crippen LogP contribution in [0.25, 0.3) is 0 Å². The average molecular weight is 180 g/mol. The van der Waals surface area contributed by atoms with Crippen LogP contribution in [-0.4, -0.2) is 23.3 Å². The highest BCUT2D eigenvalue weighted by atomic mass is 15.2. The summed E-state index contributed by atoms with van der Waals surface area (Å²) >= 11 is 0. The minimum Gasteiger partial charge on any atom is -0.382 e. The van der Waals surface area contributed by atoms with Gasteiger partial charge in [0.2, 0.25) is 0 Å². The van der Waals surface area contributed by atoms with E-state index in [1.165, 1.54) is 25.7 Å². The van der Waals surface area contributed by atoms with E-state index >= 15 is 0 Å². The number of nitrogens with one attached hydrogen (secondary N) is 1. The Morgan fingerprint density at radius 3 is 2.46 bits per heavy atom. The predicted molar refractivity (Wildman–Crippen MR) is 53.7 cm³/mol. The monoisotopic (exact) mass is 180 g/mol. The van der Waals surface area contributed by atoms with Gasteiger partial charge in [0, 0.05) is 13.1 Å². The molecule has 4 heteroatoms. The van der Waals surface area contributed by atoms with Gasteiger partial charge in [-0.05, 0) is 12.8 Å². The van der Waals surface area contributed by atoms with Gasteiger partial charge in [-0.1, -0.05) is 12.8 Å². The van der Waals surface area contributed by atoms with Crippen molar-refractivity contribution >= 4 is 11.5 Å². The van der Waals surface area contributed by atoms with Gasteiger partial charge in [0.25, 0.3) is 0 Å². The number of anilines is 2. The van der Waals surface area contributed by atoms with Crippen LogP contribution in [0.5, 0.6) is 0 Å². The Morgan fingerprint density at radius 1 is 1.23 bits per heavy atom. The Bertz CT molecular complexity index is 260. The Balaban J connectivity index is 2.10. The van der Waals surface area contributed by atoms with Crippen LogP contribution >= 0.6 is 0 Å². The molecule has 0 aromatic carbocycles. The summed E-state index contributed by atoms with van der Waals surface area (Å²) in [5, 5.41) is 6.71. The molecule has 4 nitrogen and oxygen atoms in total. The normalized spacial score (nSPS) is 18.6. The second-order valence-electron chi connectivity index (χ2n) is 3.57. The third kappa shape index (κ3) is 1.76. The second-order valence-corrected chi connectivity index (χ2v) is 3.57. The molecule has 0 spiro atoms. The van der Waals surface area contributed by atoms with E-state index in [4.69, 9.17) is 5.73 Å². The lowest BCUT2D eigenvalue weighted by Gasteiger charge is -2.20. The molecule has 0 amide bonds. The van der Waals surface area contributed by atoms with Gasteiger partial charge in [-0.15, -0.1) is 0 Å². The third-order valence-corrected chi connectivity index (χ3v) is 2.59. The van der Waals surface area contributed by atoms with Gasteiger partial charge in [0.05, 0.1) is 11.9 Å². The summed E-state index contributed by atoms with van der Waals surface area (Å²) in [4.78, 5) is 2.33. The molecule has 72 valence electrons. The molecule has 0 saturated carbocycles. The topological polar surface area (TPSA) is 57.9 Å². The first-order valence-electron chi connectivity index (χ1n) is 4.92. The Kier molecular flexibility index (Phi) is 2.38. The minimum atomic E-state index is 0.696. The first kappa shape index (κ1) is 8.41. The molecule has 0 aliphatic carbocycles. The van der Waals surface area contributed by atoms with Gasteiger partial charge in [-0.2, -0.15) is 5.10 Å². The zero-order valence-corrected chi connectivity index (χ0v) is 7.79. The summed E-state index contributed by atoms with van der Waals surface area (Å²) < 4.78 is 0. The summed E-state index contributed by atoms with van der Waals surface area (Å²) in [5.74, 6) is 0.696. The van der Waals surface area contributed by atoms with Crippen molar-refractivity contribution in [3.05, 3.63) is 6.20 Å². The van der Waals surface area contributed by atoms with E-state index in [0.717, 1.165) is 18.8 Å². The van der Waals surface area contributed by atoms with Crippen LogP contribution in [-0.2, 0) is 0 Å². The smallest absolute Gasteiger partial charge is 0.142 e. The number of aromatic nitrogens is 2. The number of hydrogen-bond donors (Lipinski definition) is 2. The van der Waals surface area contributed by atoms with E-state index in [1.807, 2.05) is 6.20 Å². The van der Waals surface area contributed by atoms with Gasteiger partial charge >= 0.3 is 0 Å². The minimum absolute atomic E-state index is 0.696. The van der Waals surface area contributed by atoms with E-state index in [9.17, 15) is 0 Å². The van der Waals surface area contributed by atoms with Crippen molar-refractivity contribution in [2.24, 2.45) is 0 Å². The fourth-order valence-electron chi connectivity index (χ4n) is 1.85. The lowest BCUT2D eigenvalue weighted by atomic mass is 10.2. The Hall–Kier alpha value is -1.19. The molecular formula is C9H16N4. The molecular weight excluding hydrogens is 164 g/mol. The fourth-order valence-corrected chi connectivity index (χ4v) is 1.85. The maximum absolute atomic E-state index is 5.76. The second kappa shape index (κ2) is 3.68. The van der Waals surface area contributed by atoms with Gasteiger partial charge in [-0.3, -0.25) is 5.10 Å². The first-order valence-corrected chi connectivity index (χ1v) is 4.92. The lowest BCUT2D eigenvalue weighted by molar-refractivity contribution is 0.726. The Labute approximate surface area is 78.1 Å². The molecule has 1 aromatic rings. The number of aromatic amines is 1. The van der Waals surface area contributed by atoms with E-state index in [0.29, 0.717) is 5.82 Å². The van der Waals surface area contributed by atoms with Crippen LogP contribution in [0.3, 0.4) is 0 Å². The van der Waals surface area contributed by atoms with Crippen molar-refractivity contribution in [2.75, 3.05) is 23.7 Å². The van der Waals surface area contributed by atoms with Crippen LogP contribution < -0.4 is 10.6 Å². The molecule has 13 heavy (non-hydrogen) atoms. The lowest BCUT2D eigenvalue weighted by Crippen LogP contribution is -2.24. The first-order chi connectivity index (χ1) is 6.38. The molecule has 3 N–H and O–H groups in total. The van der Waals surface area contributed by atoms with Gasteiger partial charge < -0.3 is 10.6 Å². The Morgan fingerprint density at radius 2 is 1.92 bits per heavy atom. The highest BCUT2D eigenvalue weighted by Gasteiger charge is 2.13. The maximum atomic E-state index is 5.76. The van der Waals surface area contributed by atoms with Gasteiger partial charge in [-0.25, -0.2) is 0 Å². The number of hydrogen-bond acceptors (Lipinski definition) is 3. The largest absolute Gasteiger partial charge is 0.382 e. The molecule has 1 aromatic heterocycles. The number of nitrogen functional groups attached to an aromatic ring is 1. The molecule has 0 unspecified atom stereocenters. The van der Waals surface area contributed by atoms with E-state index in [-0.39, 0.29) is 0 Å². The molecule has 1 aliphatic heterocycles. The van der Waals surface area contributed by atoms with Gasteiger partial charge in [0.1, 0.15) is 5.82 Å². The van der Waals surface area contributed by atoms with Crippen LogP contribution in [0.4, 0.5) is 11.5 Å². The number of nitrogens with zero attached hydrogens (tertiary/aromatic N) is 2. The fraction of sp³-hybridized carbons (Fsp3) is 0.667. The van der Waals surface area contributed by atoms with E-state index in [1.54, 1.807) is 0 Å². The third-order valence-electron chi connectivity index (χ3n) is 2.59. The van der Waals surface area contributed by atoms with Crippen LogP contribution in [0.1, 0.15) is 25.7 Å². The van der Waals surface area contributed by atoms with Crippen molar-refractivity contribution in [1.82, 2.24) is 10.2 Å². The maximum Gasteiger partial charge on any atom is 0.142 e. The summed E-state index contributed by atoms with van der Waals surface area (Å²) in [6.45, 7) is 2.23. The van der Waals surface area contributed by atoms with E-state index in [2.05, 4.69) is 15.1 Å². The number of H-pyrrole nitrogens is 1. The standard InChI is InChI=1S/C9H16N4/c10-9-8(7-11-12-9)13-5-3-1-2-4-6-13/h7H,1-6H2,(H3,10,11,12). The molecule has 2 rings (SSSR count).